The molecule has 1 amide bonds. The first-order chi connectivity index (χ1) is 20.1. The van der Waals surface area contributed by atoms with Crippen molar-refractivity contribution in [2.45, 2.75) is 87.1 Å². The summed E-state index contributed by atoms with van der Waals surface area (Å²) in [6.07, 6.45) is 1.91. The number of methoxy groups -OCH3 is 3. The molecule has 5 aliphatic carbocycles. The molecule has 7 bridgehead atoms. The Kier molecular flexibility index (Phi) is 6.46. The maximum Gasteiger partial charge on any atom is 0.340 e. The summed E-state index contributed by atoms with van der Waals surface area (Å²) in [6, 6.07) is 6.89. The Labute approximate surface area is 247 Å². The molecule has 1 aromatic carbocycles. The topological polar surface area (TPSA) is 127 Å². The Morgan fingerprint density at radius 1 is 1.07 bits per heavy atom. The van der Waals surface area contributed by atoms with Crippen LogP contribution >= 0.6 is 0 Å². The fourth-order valence-electron chi connectivity index (χ4n) is 11.6. The number of nitrogens with one attached hydrogen (secondary N) is 1. The summed E-state index contributed by atoms with van der Waals surface area (Å²) in [5.74, 6) is -1.54. The van der Waals surface area contributed by atoms with Crippen molar-refractivity contribution >= 4 is 17.6 Å². The maximum atomic E-state index is 14.0. The number of anilines is 1. The second kappa shape index (κ2) is 9.46. The van der Waals surface area contributed by atoms with E-state index in [2.05, 4.69) is 17.1 Å². The van der Waals surface area contributed by atoms with E-state index in [-0.39, 0.29) is 47.8 Å². The van der Waals surface area contributed by atoms with Gasteiger partial charge in [0, 0.05) is 76.3 Å². The lowest BCUT2D eigenvalue weighted by molar-refractivity contribution is -0.337. The Balaban J connectivity index is 1.38. The van der Waals surface area contributed by atoms with Gasteiger partial charge in [-0.25, -0.2) is 4.79 Å². The highest BCUT2D eigenvalue weighted by molar-refractivity contribution is 6.00. The molecule has 1 aromatic rings. The van der Waals surface area contributed by atoms with Crippen LogP contribution in [0, 0.1) is 29.1 Å². The number of carbonyl (C=O) groups excluding carboxylic acids is 2. The molecule has 7 rings (SSSR count). The molecule has 1 aliphatic heterocycles. The van der Waals surface area contributed by atoms with Gasteiger partial charge in [0.25, 0.3) is 0 Å². The van der Waals surface area contributed by atoms with E-state index in [0.717, 1.165) is 0 Å². The zero-order valence-electron chi connectivity index (χ0n) is 25.2. The quantitative estimate of drug-likeness (QED) is 0.414. The predicted molar refractivity (Wildman–Crippen MR) is 152 cm³/mol. The van der Waals surface area contributed by atoms with Crippen LogP contribution in [0.2, 0.25) is 0 Å². The molecule has 3 N–H and O–H groups in total. The van der Waals surface area contributed by atoms with Crippen LogP contribution in [0.4, 0.5) is 5.69 Å². The number of hydrogen-bond donors (Lipinski definition) is 3. The van der Waals surface area contributed by atoms with Gasteiger partial charge in [-0.3, -0.25) is 9.69 Å². The minimum absolute atomic E-state index is 0.0432. The van der Waals surface area contributed by atoms with Crippen molar-refractivity contribution in [1.82, 2.24) is 4.90 Å². The number of rotatable bonds is 7. The number of esters is 1. The van der Waals surface area contributed by atoms with Crippen molar-refractivity contribution in [3.05, 3.63) is 29.8 Å². The third-order valence-electron chi connectivity index (χ3n) is 12.6. The zero-order valence-corrected chi connectivity index (χ0v) is 25.2. The predicted octanol–water partition coefficient (Wildman–Crippen LogP) is 2.22. The summed E-state index contributed by atoms with van der Waals surface area (Å²) < 4.78 is 25.1. The van der Waals surface area contributed by atoms with Crippen molar-refractivity contribution in [1.29, 1.82) is 0 Å². The van der Waals surface area contributed by atoms with Crippen LogP contribution in [0.5, 0.6) is 0 Å². The summed E-state index contributed by atoms with van der Waals surface area (Å²) in [4.78, 5) is 28.3. The number of hydrogen-bond acceptors (Lipinski definition) is 9. The standard InChI is InChI=1S/C32H44N2O8/c1-6-34-16-29(42-28(36)18-9-7-8-10-21(18)33-17(2)35)12-11-25(40-4)31-23(29)14-20(26(31)34)30(37)15-22(39-3)19-13-24(31)32(30,38)27(19)41-5/h7-10,19-20,22-27,37-38H,6,11-16H2,1-5H3,(H,33,35)/t19?,20?,22-,23+,24-,25?,26-,27-,29-,30-,31?,32-/m0/s1. The van der Waals surface area contributed by atoms with Crippen molar-refractivity contribution in [3.63, 3.8) is 0 Å². The van der Waals surface area contributed by atoms with Gasteiger partial charge in [-0.2, -0.15) is 0 Å². The van der Waals surface area contributed by atoms with Crippen molar-refractivity contribution < 1.29 is 38.7 Å². The Morgan fingerprint density at radius 3 is 2.50 bits per heavy atom. The smallest absolute Gasteiger partial charge is 0.340 e. The van der Waals surface area contributed by atoms with Crippen LogP contribution in [0.25, 0.3) is 0 Å². The molecule has 5 saturated carbocycles. The first kappa shape index (κ1) is 28.7. The maximum absolute atomic E-state index is 14.0. The van der Waals surface area contributed by atoms with Gasteiger partial charge < -0.3 is 34.5 Å². The lowest BCUT2D eigenvalue weighted by Crippen LogP contribution is -2.83. The Bertz CT molecular complexity index is 1290. The van der Waals surface area contributed by atoms with Crippen LogP contribution < -0.4 is 5.32 Å². The molecular formula is C32H44N2O8. The number of benzene rings is 1. The van der Waals surface area contributed by atoms with Gasteiger partial charge in [-0.15, -0.1) is 0 Å². The minimum atomic E-state index is -1.48. The summed E-state index contributed by atoms with van der Waals surface area (Å²) in [5, 5.41) is 28.4. The number of aliphatic hydroxyl groups is 2. The van der Waals surface area contributed by atoms with E-state index in [1.165, 1.54) is 6.92 Å². The lowest BCUT2D eigenvalue weighted by atomic mass is 9.44. The zero-order chi connectivity index (χ0) is 29.8. The second-order valence-electron chi connectivity index (χ2n) is 13.7. The van der Waals surface area contributed by atoms with E-state index in [1.54, 1.807) is 45.6 Å². The molecule has 1 heterocycles. The van der Waals surface area contributed by atoms with E-state index in [0.29, 0.717) is 56.4 Å². The summed E-state index contributed by atoms with van der Waals surface area (Å²) in [6.45, 7) is 4.79. The number of likely N-dealkylation sites (tertiary alicyclic amines) is 1. The summed E-state index contributed by atoms with van der Waals surface area (Å²) in [5.41, 5.74) is -3.57. The van der Waals surface area contributed by atoms with Crippen LogP contribution in [0.3, 0.4) is 0 Å². The molecule has 6 aliphatic rings. The highest BCUT2D eigenvalue weighted by Crippen LogP contribution is 2.79. The van der Waals surface area contributed by atoms with E-state index in [9.17, 15) is 19.8 Å². The fourth-order valence-corrected chi connectivity index (χ4v) is 11.6. The van der Waals surface area contributed by atoms with E-state index in [1.807, 2.05) is 0 Å². The minimum Gasteiger partial charge on any atom is -0.454 e. The number of piperidine rings is 1. The van der Waals surface area contributed by atoms with Gasteiger partial charge in [0.1, 0.15) is 16.8 Å². The SMILES string of the molecule is CCN1C[C@@]2(OC(=O)c3ccccc3NC(C)=O)CCC(OC)C34[C@@H]1C(C[C@@H]32)[C@@]1(O)C[C@H](OC)C2C[C@@H]4[C@]1(O)[C@H]2OC. The number of carbonyl (C=O) groups is 2. The molecule has 10 heteroatoms. The number of fused-ring (bicyclic) bond motifs is 2. The van der Waals surface area contributed by atoms with Crippen LogP contribution in [0.1, 0.15) is 56.3 Å². The van der Waals surface area contributed by atoms with Crippen molar-refractivity contribution in [2.24, 2.45) is 29.1 Å². The number of para-hydroxylation sites is 1. The molecular weight excluding hydrogens is 540 g/mol. The first-order valence-corrected chi connectivity index (χ1v) is 15.4. The first-order valence-electron chi connectivity index (χ1n) is 15.4. The second-order valence-corrected chi connectivity index (χ2v) is 13.7. The molecule has 0 radical (unpaired) electrons. The Morgan fingerprint density at radius 2 is 1.83 bits per heavy atom. The van der Waals surface area contributed by atoms with E-state index >= 15 is 0 Å². The number of likely N-dealkylation sites (N-methyl/N-ethyl adjacent to an activating group) is 1. The molecule has 4 unspecified atom stereocenters. The number of ether oxygens (including phenoxy) is 4. The highest BCUT2D eigenvalue weighted by Gasteiger charge is 2.89. The van der Waals surface area contributed by atoms with Gasteiger partial charge in [0.05, 0.1) is 29.6 Å². The van der Waals surface area contributed by atoms with E-state index < -0.39 is 34.3 Å². The van der Waals surface area contributed by atoms with Crippen LogP contribution in [-0.4, -0.2) is 103 Å². The largest absolute Gasteiger partial charge is 0.454 e. The van der Waals surface area contributed by atoms with Crippen molar-refractivity contribution in [3.8, 4) is 0 Å². The third kappa shape index (κ3) is 3.21. The average molecular weight is 585 g/mol. The van der Waals surface area contributed by atoms with Gasteiger partial charge in [0.15, 0.2) is 0 Å². The molecule has 0 aromatic heterocycles. The molecule has 230 valence electrons. The normalized spacial score (nSPS) is 48.2. The lowest BCUT2D eigenvalue weighted by Gasteiger charge is -2.70. The number of amides is 1. The molecule has 42 heavy (non-hydrogen) atoms. The average Bonchev–Trinajstić information content (AvgIpc) is 3.39. The van der Waals surface area contributed by atoms with Crippen molar-refractivity contribution in [2.75, 3.05) is 39.7 Å². The van der Waals surface area contributed by atoms with Crippen LogP contribution in [-0.2, 0) is 23.7 Å². The number of nitrogens with zero attached hydrogens (tertiary/aromatic N) is 1. The summed E-state index contributed by atoms with van der Waals surface area (Å²) >= 11 is 0. The van der Waals surface area contributed by atoms with Crippen LogP contribution in [0.15, 0.2) is 24.3 Å². The van der Waals surface area contributed by atoms with E-state index in [4.69, 9.17) is 18.9 Å². The molecule has 12 atom stereocenters. The molecule has 1 spiro atoms. The fraction of sp³-hybridized carbons (Fsp3) is 0.750. The van der Waals surface area contributed by atoms with Gasteiger partial charge in [0.2, 0.25) is 5.91 Å². The molecule has 1 saturated heterocycles. The third-order valence-corrected chi connectivity index (χ3v) is 12.6. The van der Waals surface area contributed by atoms with Gasteiger partial charge in [-0.1, -0.05) is 19.1 Å². The Hall–Kier alpha value is -2.08. The molecule has 10 nitrogen and oxygen atoms in total. The summed E-state index contributed by atoms with van der Waals surface area (Å²) in [7, 11) is 5.05. The highest BCUT2D eigenvalue weighted by atomic mass is 16.6. The monoisotopic (exact) mass is 584 g/mol. The van der Waals surface area contributed by atoms with Gasteiger partial charge in [-0.05, 0) is 44.4 Å². The van der Waals surface area contributed by atoms with Gasteiger partial charge >= 0.3 is 5.97 Å². The molecule has 6 fully saturated rings.